The van der Waals surface area contributed by atoms with Crippen LogP contribution in [0.25, 0.3) is 22.5 Å². The summed E-state index contributed by atoms with van der Waals surface area (Å²) < 4.78 is 0. The number of nitrogens with zero attached hydrogens (tertiary/aromatic N) is 4. The maximum Gasteiger partial charge on any atom is 0.240 e. The van der Waals surface area contributed by atoms with Gasteiger partial charge in [-0.2, -0.15) is 0 Å². The van der Waals surface area contributed by atoms with Crippen LogP contribution in [-0.4, -0.2) is 27.2 Å². The van der Waals surface area contributed by atoms with E-state index in [0.717, 1.165) is 16.9 Å². The lowest BCUT2D eigenvalue weighted by Crippen LogP contribution is -2.02. The monoisotopic (exact) mass is 278 g/mol. The Morgan fingerprint density at radius 3 is 2.38 bits per heavy atom. The van der Waals surface area contributed by atoms with Crippen molar-refractivity contribution in [3.8, 4) is 22.5 Å². The molecule has 6 nitrogen and oxygen atoms in total. The summed E-state index contributed by atoms with van der Waals surface area (Å²) in [5.74, 6) is 0.939. The largest absolute Gasteiger partial charge is 0.373 e. The van der Waals surface area contributed by atoms with Crippen molar-refractivity contribution < 1.29 is 0 Å². The van der Waals surface area contributed by atoms with Gasteiger partial charge in [-0.3, -0.25) is 0 Å². The molecule has 3 rings (SSSR count). The molecule has 0 radical (unpaired) electrons. The minimum absolute atomic E-state index is 0.150. The van der Waals surface area contributed by atoms with Crippen molar-refractivity contribution in [3.05, 3.63) is 48.7 Å². The summed E-state index contributed by atoms with van der Waals surface area (Å²) in [6.45, 7) is 0. The molecule has 0 unspecified atom stereocenters. The summed E-state index contributed by atoms with van der Waals surface area (Å²) in [5.41, 5.74) is 8.81. The number of benzene rings is 1. The van der Waals surface area contributed by atoms with Crippen LogP contribution in [0.5, 0.6) is 0 Å². The maximum absolute atomic E-state index is 5.68. The van der Waals surface area contributed by atoms with Crippen molar-refractivity contribution in [3.63, 3.8) is 0 Å². The molecular formula is C15H14N6. The van der Waals surface area contributed by atoms with E-state index in [1.54, 1.807) is 6.20 Å². The lowest BCUT2D eigenvalue weighted by Gasteiger charge is -2.08. The molecule has 2 aromatic heterocycles. The van der Waals surface area contributed by atoms with Gasteiger partial charge in [0.25, 0.3) is 0 Å². The van der Waals surface area contributed by atoms with Crippen LogP contribution in [0, 0.1) is 0 Å². The number of nitrogens with two attached hydrogens (primary N) is 1. The number of hydrogen-bond donors (Lipinski definition) is 2. The minimum atomic E-state index is 0.150. The van der Waals surface area contributed by atoms with Gasteiger partial charge in [-0.25, -0.2) is 9.97 Å². The van der Waals surface area contributed by atoms with E-state index in [1.807, 2.05) is 49.5 Å². The first kappa shape index (κ1) is 13.0. The average molecular weight is 278 g/mol. The molecule has 3 N–H and O–H groups in total. The molecule has 0 bridgehead atoms. The van der Waals surface area contributed by atoms with Gasteiger partial charge in [0.15, 0.2) is 0 Å². The third-order valence-corrected chi connectivity index (χ3v) is 3.04. The van der Waals surface area contributed by atoms with Gasteiger partial charge in [0.05, 0.1) is 0 Å². The number of nitrogen functional groups attached to an aromatic ring is 1. The second-order valence-corrected chi connectivity index (χ2v) is 4.42. The normalized spacial score (nSPS) is 10.3. The Kier molecular flexibility index (Phi) is 3.42. The molecule has 2 heterocycles. The van der Waals surface area contributed by atoms with Crippen LogP contribution in [0.2, 0.25) is 0 Å². The number of rotatable bonds is 3. The third-order valence-electron chi connectivity index (χ3n) is 3.04. The van der Waals surface area contributed by atoms with Crippen molar-refractivity contribution >= 4 is 11.8 Å². The van der Waals surface area contributed by atoms with Crippen LogP contribution < -0.4 is 11.1 Å². The maximum atomic E-state index is 5.68. The summed E-state index contributed by atoms with van der Waals surface area (Å²) in [4.78, 5) is 8.62. The Morgan fingerprint density at radius 1 is 0.905 bits per heavy atom. The average Bonchev–Trinajstić information content (AvgIpc) is 2.56. The minimum Gasteiger partial charge on any atom is -0.373 e. The van der Waals surface area contributed by atoms with Crippen molar-refractivity contribution in [2.24, 2.45) is 0 Å². The number of aromatic nitrogens is 4. The molecule has 0 atom stereocenters. The zero-order valence-corrected chi connectivity index (χ0v) is 11.5. The van der Waals surface area contributed by atoms with E-state index in [-0.39, 0.29) is 5.95 Å². The van der Waals surface area contributed by atoms with Crippen LogP contribution in [0.4, 0.5) is 11.8 Å². The Labute approximate surface area is 122 Å². The molecule has 6 heteroatoms. The van der Waals surface area contributed by atoms with Crippen LogP contribution in [0.3, 0.4) is 0 Å². The fraction of sp³-hybridized carbons (Fsp3) is 0.0667. The number of pyridine rings is 1. The van der Waals surface area contributed by atoms with Crippen LogP contribution in [0.1, 0.15) is 0 Å². The smallest absolute Gasteiger partial charge is 0.240 e. The molecule has 1 aromatic carbocycles. The van der Waals surface area contributed by atoms with E-state index in [4.69, 9.17) is 5.73 Å². The summed E-state index contributed by atoms with van der Waals surface area (Å²) in [5, 5.41) is 11.0. The quantitative estimate of drug-likeness (QED) is 0.763. The van der Waals surface area contributed by atoms with Crippen LogP contribution in [0.15, 0.2) is 48.7 Å². The highest BCUT2D eigenvalue weighted by Crippen LogP contribution is 2.28. The Hall–Kier alpha value is -3.02. The highest BCUT2D eigenvalue weighted by atomic mass is 15.2. The van der Waals surface area contributed by atoms with E-state index in [1.165, 1.54) is 0 Å². The molecule has 0 spiro atoms. The van der Waals surface area contributed by atoms with Crippen molar-refractivity contribution in [2.75, 3.05) is 18.1 Å². The second kappa shape index (κ2) is 5.54. The Morgan fingerprint density at radius 2 is 1.71 bits per heavy atom. The first-order valence-electron chi connectivity index (χ1n) is 6.47. The molecule has 0 aliphatic rings. The lowest BCUT2D eigenvalue weighted by atomic mass is 10.1. The van der Waals surface area contributed by atoms with Crippen molar-refractivity contribution in [1.29, 1.82) is 0 Å². The van der Waals surface area contributed by atoms with Crippen LogP contribution >= 0.6 is 0 Å². The molecule has 3 aromatic rings. The number of anilines is 2. The molecule has 0 fully saturated rings. The molecule has 0 saturated carbocycles. The molecule has 0 aliphatic carbocycles. The van der Waals surface area contributed by atoms with Gasteiger partial charge in [0.2, 0.25) is 5.95 Å². The van der Waals surface area contributed by atoms with Gasteiger partial charge in [-0.15, -0.1) is 10.2 Å². The first-order chi connectivity index (χ1) is 10.3. The molecule has 0 aliphatic heterocycles. The fourth-order valence-corrected chi connectivity index (χ4v) is 2.01. The number of nitrogens with one attached hydrogen (secondary N) is 1. The topological polar surface area (TPSA) is 89.6 Å². The highest BCUT2D eigenvalue weighted by Gasteiger charge is 2.12. The summed E-state index contributed by atoms with van der Waals surface area (Å²) in [6.07, 6.45) is 1.74. The molecular weight excluding hydrogens is 264 g/mol. The molecule has 104 valence electrons. The van der Waals surface area contributed by atoms with Crippen molar-refractivity contribution in [1.82, 2.24) is 20.2 Å². The van der Waals surface area contributed by atoms with Crippen molar-refractivity contribution in [2.45, 2.75) is 0 Å². The van der Waals surface area contributed by atoms with E-state index >= 15 is 0 Å². The second-order valence-electron chi connectivity index (χ2n) is 4.42. The van der Waals surface area contributed by atoms with Gasteiger partial charge < -0.3 is 11.1 Å². The fourth-order valence-electron chi connectivity index (χ4n) is 2.01. The zero-order valence-electron chi connectivity index (χ0n) is 11.5. The van der Waals surface area contributed by atoms with Gasteiger partial charge in [0, 0.05) is 24.4 Å². The van der Waals surface area contributed by atoms with Crippen LogP contribution in [-0.2, 0) is 0 Å². The van der Waals surface area contributed by atoms with Gasteiger partial charge >= 0.3 is 0 Å². The summed E-state index contributed by atoms with van der Waals surface area (Å²) >= 11 is 0. The molecule has 0 amide bonds. The third kappa shape index (κ3) is 2.64. The highest BCUT2D eigenvalue weighted by molar-refractivity contribution is 5.77. The molecule has 21 heavy (non-hydrogen) atoms. The summed E-state index contributed by atoms with van der Waals surface area (Å²) in [7, 11) is 1.82. The van der Waals surface area contributed by atoms with E-state index in [2.05, 4.69) is 25.5 Å². The van der Waals surface area contributed by atoms with E-state index in [9.17, 15) is 0 Å². The predicted molar refractivity (Wildman–Crippen MR) is 82.5 cm³/mol. The van der Waals surface area contributed by atoms with E-state index in [0.29, 0.717) is 11.4 Å². The standard InChI is InChI=1S/C15H14N6/c1-17-12-8-7-11(9-18-12)14-13(19-15(16)21-20-14)10-5-3-2-4-6-10/h2-9H,1H3,(H,17,18)(H2,16,19,21). The van der Waals surface area contributed by atoms with E-state index < -0.39 is 0 Å². The predicted octanol–water partition coefficient (Wildman–Crippen LogP) is 2.22. The number of hydrogen-bond acceptors (Lipinski definition) is 6. The Bertz CT molecular complexity index is 740. The molecule has 0 saturated heterocycles. The van der Waals surface area contributed by atoms with Gasteiger partial charge in [0.1, 0.15) is 17.2 Å². The van der Waals surface area contributed by atoms with Gasteiger partial charge in [-0.1, -0.05) is 30.3 Å². The Balaban J connectivity index is 2.13. The zero-order chi connectivity index (χ0) is 14.7. The SMILES string of the molecule is CNc1ccc(-c2nnc(N)nc2-c2ccccc2)cn1. The lowest BCUT2D eigenvalue weighted by molar-refractivity contribution is 0.996. The summed E-state index contributed by atoms with van der Waals surface area (Å²) in [6, 6.07) is 13.6. The van der Waals surface area contributed by atoms with Gasteiger partial charge in [-0.05, 0) is 12.1 Å². The first-order valence-corrected chi connectivity index (χ1v) is 6.47.